The van der Waals surface area contributed by atoms with E-state index in [9.17, 15) is 0 Å². The lowest BCUT2D eigenvalue weighted by atomic mass is 9.68. The van der Waals surface area contributed by atoms with E-state index in [1.165, 1.54) is 51.9 Å². The van der Waals surface area contributed by atoms with Crippen LogP contribution in [0.4, 0.5) is 0 Å². The van der Waals surface area contributed by atoms with Crippen LogP contribution in [0.1, 0.15) is 60.3 Å². The van der Waals surface area contributed by atoms with Crippen LogP contribution in [0, 0.1) is 16.7 Å². The summed E-state index contributed by atoms with van der Waals surface area (Å²) in [4.78, 5) is 2.52. The van der Waals surface area contributed by atoms with Gasteiger partial charge in [0, 0.05) is 6.04 Å². The van der Waals surface area contributed by atoms with Crippen LogP contribution in [0.3, 0.4) is 0 Å². The largest absolute Gasteiger partial charge is 0.313 e. The van der Waals surface area contributed by atoms with E-state index in [1.54, 1.807) is 0 Å². The zero-order valence-electron chi connectivity index (χ0n) is 13.8. The summed E-state index contributed by atoms with van der Waals surface area (Å²) < 4.78 is 0. The fourth-order valence-corrected chi connectivity index (χ4v) is 4.90. The lowest BCUT2D eigenvalue weighted by Crippen LogP contribution is -2.50. The smallest absolute Gasteiger partial charge is 0.0175 e. The van der Waals surface area contributed by atoms with Crippen LogP contribution in [0.5, 0.6) is 0 Å². The molecular weight excluding hydrogens is 232 g/mol. The topological polar surface area (TPSA) is 15.3 Å². The Hall–Kier alpha value is -0.0800. The van der Waals surface area contributed by atoms with Gasteiger partial charge in [-0.1, -0.05) is 34.6 Å². The molecule has 2 aliphatic carbocycles. The molecule has 2 fully saturated rings. The first kappa shape index (κ1) is 15.3. The van der Waals surface area contributed by atoms with Gasteiger partial charge in [0.1, 0.15) is 0 Å². The van der Waals surface area contributed by atoms with Crippen molar-refractivity contribution in [1.29, 1.82) is 0 Å². The average molecular weight is 266 g/mol. The van der Waals surface area contributed by atoms with Crippen LogP contribution in [0.15, 0.2) is 0 Å². The molecule has 2 saturated carbocycles. The second-order valence-electron chi connectivity index (χ2n) is 7.68. The summed E-state index contributed by atoms with van der Waals surface area (Å²) in [6, 6.07) is 0.732. The van der Waals surface area contributed by atoms with E-state index in [0.717, 1.165) is 12.0 Å². The van der Waals surface area contributed by atoms with Crippen LogP contribution in [-0.2, 0) is 0 Å². The molecule has 2 aliphatic rings. The van der Waals surface area contributed by atoms with Gasteiger partial charge in [-0.05, 0) is 68.6 Å². The SMILES string of the molecule is CCN(CC)CCCNC1C2(C)CCC(C2)C1(C)C. The van der Waals surface area contributed by atoms with E-state index < -0.39 is 0 Å². The molecule has 0 aromatic heterocycles. The van der Waals surface area contributed by atoms with Gasteiger partial charge in [-0.25, -0.2) is 0 Å². The number of hydrogen-bond donors (Lipinski definition) is 1. The van der Waals surface area contributed by atoms with Gasteiger partial charge in [-0.2, -0.15) is 0 Å². The summed E-state index contributed by atoms with van der Waals surface area (Å²) in [5.41, 5.74) is 1.07. The quantitative estimate of drug-likeness (QED) is 0.709. The van der Waals surface area contributed by atoms with Crippen molar-refractivity contribution < 1.29 is 0 Å². The zero-order valence-corrected chi connectivity index (χ0v) is 13.8. The zero-order chi connectivity index (χ0) is 14.1. The highest BCUT2D eigenvalue weighted by Gasteiger charge is 2.58. The Morgan fingerprint density at radius 1 is 1.16 bits per heavy atom. The summed E-state index contributed by atoms with van der Waals surface area (Å²) in [6.45, 7) is 16.8. The third-order valence-electron chi connectivity index (χ3n) is 6.16. The Labute approximate surface area is 120 Å². The molecule has 3 unspecified atom stereocenters. The minimum atomic E-state index is 0.502. The normalized spacial score (nSPS) is 36.3. The molecule has 112 valence electrons. The van der Waals surface area contributed by atoms with Gasteiger partial charge in [-0.3, -0.25) is 0 Å². The Morgan fingerprint density at radius 3 is 2.37 bits per heavy atom. The Kier molecular flexibility index (Phi) is 4.62. The molecule has 2 bridgehead atoms. The summed E-state index contributed by atoms with van der Waals surface area (Å²) >= 11 is 0. The van der Waals surface area contributed by atoms with Crippen molar-refractivity contribution in [3.05, 3.63) is 0 Å². The number of rotatable bonds is 7. The summed E-state index contributed by atoms with van der Waals surface area (Å²) in [5.74, 6) is 0.956. The van der Waals surface area contributed by atoms with Crippen molar-refractivity contribution in [2.24, 2.45) is 16.7 Å². The third kappa shape index (κ3) is 2.85. The molecule has 2 heteroatoms. The van der Waals surface area contributed by atoms with E-state index in [1.807, 2.05) is 0 Å². The summed E-state index contributed by atoms with van der Waals surface area (Å²) in [7, 11) is 0. The molecule has 0 amide bonds. The van der Waals surface area contributed by atoms with Gasteiger partial charge < -0.3 is 10.2 Å². The van der Waals surface area contributed by atoms with E-state index in [2.05, 4.69) is 44.8 Å². The van der Waals surface area contributed by atoms with Crippen molar-refractivity contribution >= 4 is 0 Å². The van der Waals surface area contributed by atoms with Crippen LogP contribution in [0.2, 0.25) is 0 Å². The van der Waals surface area contributed by atoms with Gasteiger partial charge in [0.2, 0.25) is 0 Å². The lowest BCUT2D eigenvalue weighted by molar-refractivity contribution is 0.108. The maximum Gasteiger partial charge on any atom is 0.0175 e. The van der Waals surface area contributed by atoms with Crippen molar-refractivity contribution in [2.75, 3.05) is 26.2 Å². The van der Waals surface area contributed by atoms with Gasteiger partial charge >= 0.3 is 0 Å². The maximum absolute atomic E-state index is 3.92. The van der Waals surface area contributed by atoms with Gasteiger partial charge in [0.05, 0.1) is 0 Å². The monoisotopic (exact) mass is 266 g/mol. The molecule has 2 rings (SSSR count). The highest BCUT2D eigenvalue weighted by Crippen LogP contribution is 2.62. The predicted octanol–water partition coefficient (Wildman–Crippen LogP) is 3.52. The van der Waals surface area contributed by atoms with Crippen LogP contribution in [0.25, 0.3) is 0 Å². The molecule has 0 heterocycles. The van der Waals surface area contributed by atoms with E-state index in [4.69, 9.17) is 0 Å². The minimum absolute atomic E-state index is 0.502. The first-order valence-corrected chi connectivity index (χ1v) is 8.39. The number of hydrogen-bond acceptors (Lipinski definition) is 2. The second-order valence-corrected chi connectivity index (χ2v) is 7.68. The third-order valence-corrected chi connectivity index (χ3v) is 6.16. The molecule has 0 saturated heterocycles. The van der Waals surface area contributed by atoms with Crippen molar-refractivity contribution in [2.45, 2.75) is 66.3 Å². The molecule has 0 spiro atoms. The van der Waals surface area contributed by atoms with Crippen LogP contribution in [-0.4, -0.2) is 37.1 Å². The molecule has 2 nitrogen and oxygen atoms in total. The number of nitrogens with one attached hydrogen (secondary N) is 1. The van der Waals surface area contributed by atoms with Crippen molar-refractivity contribution in [1.82, 2.24) is 10.2 Å². The molecule has 0 aromatic carbocycles. The summed E-state index contributed by atoms with van der Waals surface area (Å²) in [5, 5.41) is 3.92. The standard InChI is InChI=1S/C17H34N2/c1-6-19(7-2)12-8-11-18-15-16(3,4)14-9-10-17(15,5)13-14/h14-15,18H,6-13H2,1-5H3. The molecule has 19 heavy (non-hydrogen) atoms. The van der Waals surface area contributed by atoms with E-state index in [-0.39, 0.29) is 0 Å². The maximum atomic E-state index is 3.92. The fourth-order valence-electron chi connectivity index (χ4n) is 4.90. The van der Waals surface area contributed by atoms with Gasteiger partial charge in [0.25, 0.3) is 0 Å². The van der Waals surface area contributed by atoms with E-state index >= 15 is 0 Å². The van der Waals surface area contributed by atoms with Crippen LogP contribution < -0.4 is 5.32 Å². The van der Waals surface area contributed by atoms with Crippen molar-refractivity contribution in [3.63, 3.8) is 0 Å². The predicted molar refractivity (Wildman–Crippen MR) is 83.4 cm³/mol. The number of nitrogens with zero attached hydrogens (tertiary/aromatic N) is 1. The van der Waals surface area contributed by atoms with Gasteiger partial charge in [-0.15, -0.1) is 0 Å². The number of fused-ring (bicyclic) bond motifs is 2. The summed E-state index contributed by atoms with van der Waals surface area (Å²) in [6.07, 6.45) is 5.64. The van der Waals surface area contributed by atoms with Gasteiger partial charge in [0.15, 0.2) is 0 Å². The molecule has 0 aliphatic heterocycles. The fraction of sp³-hybridized carbons (Fsp3) is 1.00. The molecular formula is C17H34N2. The minimum Gasteiger partial charge on any atom is -0.313 e. The highest BCUT2D eigenvalue weighted by molar-refractivity contribution is 5.11. The highest BCUT2D eigenvalue weighted by atomic mass is 15.1. The first-order chi connectivity index (χ1) is 8.94. The average Bonchev–Trinajstić information content (AvgIpc) is 2.84. The Balaban J connectivity index is 1.80. The van der Waals surface area contributed by atoms with Crippen molar-refractivity contribution in [3.8, 4) is 0 Å². The van der Waals surface area contributed by atoms with Crippen LogP contribution >= 0.6 is 0 Å². The van der Waals surface area contributed by atoms with E-state index in [0.29, 0.717) is 10.8 Å². The first-order valence-electron chi connectivity index (χ1n) is 8.39. The Morgan fingerprint density at radius 2 is 1.84 bits per heavy atom. The molecule has 0 aromatic rings. The molecule has 0 radical (unpaired) electrons. The molecule has 1 N–H and O–H groups in total. The second kappa shape index (κ2) is 5.73. The lowest BCUT2D eigenvalue weighted by Gasteiger charge is -2.43. The Bertz CT molecular complexity index is 291. The molecule has 3 atom stereocenters.